The van der Waals surface area contributed by atoms with E-state index >= 15 is 0 Å². The minimum absolute atomic E-state index is 0.0727. The summed E-state index contributed by atoms with van der Waals surface area (Å²) in [5.74, 6) is -0.923. The fraction of sp³-hybridized carbons (Fsp3) is 1.00. The van der Waals surface area contributed by atoms with Gasteiger partial charge in [0.25, 0.3) is 5.97 Å². The molecule has 1 unspecified atom stereocenters. The van der Waals surface area contributed by atoms with Crippen LogP contribution in [0.3, 0.4) is 0 Å². The molecule has 1 N–H and O–H groups in total. The molecule has 4 heteroatoms. The number of hydrogen-bond acceptors (Lipinski definition) is 4. The second-order valence-corrected chi connectivity index (χ2v) is 5.67. The van der Waals surface area contributed by atoms with E-state index in [0.717, 1.165) is 12.8 Å². The van der Waals surface area contributed by atoms with Gasteiger partial charge in [-0.2, -0.15) is 0 Å². The van der Waals surface area contributed by atoms with Crippen molar-refractivity contribution in [2.75, 3.05) is 26.4 Å². The summed E-state index contributed by atoms with van der Waals surface area (Å²) in [5.41, 5.74) is 0. The van der Waals surface area contributed by atoms with Crippen LogP contribution >= 0.6 is 0 Å². The normalized spacial score (nSPS) is 13.5. The summed E-state index contributed by atoms with van der Waals surface area (Å²) in [6.07, 6.45) is 9.16. The minimum atomic E-state index is -0.996. The van der Waals surface area contributed by atoms with Crippen LogP contribution in [0, 0.1) is 5.92 Å². The van der Waals surface area contributed by atoms with Gasteiger partial charge in [-0.25, -0.2) is 0 Å². The molecule has 0 bridgehead atoms. The average Bonchev–Trinajstić information content (AvgIpc) is 2.50. The van der Waals surface area contributed by atoms with E-state index in [4.69, 9.17) is 14.2 Å². The molecule has 0 radical (unpaired) electrons. The Morgan fingerprint density at radius 3 is 1.68 bits per heavy atom. The third-order valence-corrected chi connectivity index (χ3v) is 3.92. The molecule has 0 aliphatic rings. The van der Waals surface area contributed by atoms with Gasteiger partial charge in [0.1, 0.15) is 0 Å². The molecule has 0 amide bonds. The fourth-order valence-corrected chi connectivity index (χ4v) is 2.91. The van der Waals surface area contributed by atoms with Crippen molar-refractivity contribution >= 4 is 0 Å². The van der Waals surface area contributed by atoms with Crippen LogP contribution in [-0.2, 0) is 14.2 Å². The topological polar surface area (TPSA) is 47.9 Å². The zero-order chi connectivity index (χ0) is 16.7. The number of unbranched alkanes of at least 4 members (excludes halogenated alkanes) is 5. The molecule has 0 rings (SSSR count). The molecule has 22 heavy (non-hydrogen) atoms. The van der Waals surface area contributed by atoms with Gasteiger partial charge in [0.2, 0.25) is 0 Å². The molecule has 0 heterocycles. The largest absolute Gasteiger partial charge is 0.396 e. The van der Waals surface area contributed by atoms with E-state index in [9.17, 15) is 5.11 Å². The first-order chi connectivity index (χ1) is 10.7. The maximum absolute atomic E-state index is 9.41. The second kappa shape index (κ2) is 14.4. The van der Waals surface area contributed by atoms with Crippen LogP contribution in [0.2, 0.25) is 0 Å². The SMILES string of the molecule is CCCCCCCCC(CCO)C(OCC)(OCC)OCC. The van der Waals surface area contributed by atoms with Gasteiger partial charge in [-0.05, 0) is 33.6 Å². The van der Waals surface area contributed by atoms with Gasteiger partial charge in [0, 0.05) is 32.3 Å². The maximum atomic E-state index is 9.41. The molecule has 134 valence electrons. The third kappa shape index (κ3) is 8.47. The van der Waals surface area contributed by atoms with Crippen LogP contribution in [-0.4, -0.2) is 37.5 Å². The Morgan fingerprint density at radius 1 is 0.727 bits per heavy atom. The van der Waals surface area contributed by atoms with E-state index in [0.29, 0.717) is 26.2 Å². The lowest BCUT2D eigenvalue weighted by molar-refractivity contribution is -0.403. The molecule has 0 saturated heterocycles. The standard InChI is InChI=1S/C18H38O4/c1-5-9-10-11-12-13-14-17(15-16-19)18(20-6-2,21-7-3)22-8-4/h17,19H,5-16H2,1-4H3. The van der Waals surface area contributed by atoms with Crippen molar-refractivity contribution in [1.29, 1.82) is 0 Å². The van der Waals surface area contributed by atoms with E-state index in [2.05, 4.69) is 6.92 Å². The van der Waals surface area contributed by atoms with E-state index in [-0.39, 0.29) is 12.5 Å². The average molecular weight is 318 g/mol. The molecule has 0 aromatic rings. The lowest BCUT2D eigenvalue weighted by Gasteiger charge is -2.39. The molecule has 0 aromatic heterocycles. The Morgan fingerprint density at radius 2 is 1.23 bits per heavy atom. The first-order valence-corrected chi connectivity index (χ1v) is 9.23. The van der Waals surface area contributed by atoms with Gasteiger partial charge in [-0.1, -0.05) is 45.4 Å². The lowest BCUT2D eigenvalue weighted by Crippen LogP contribution is -2.47. The molecule has 0 aliphatic heterocycles. The van der Waals surface area contributed by atoms with Gasteiger partial charge in [-0.3, -0.25) is 0 Å². The Bertz CT molecular complexity index is 216. The Kier molecular flexibility index (Phi) is 14.3. The van der Waals surface area contributed by atoms with Gasteiger partial charge in [0.15, 0.2) is 0 Å². The highest BCUT2D eigenvalue weighted by Gasteiger charge is 2.41. The summed E-state index contributed by atoms with van der Waals surface area (Å²) in [4.78, 5) is 0. The summed E-state index contributed by atoms with van der Waals surface area (Å²) in [6.45, 7) is 9.84. The van der Waals surface area contributed by atoms with Gasteiger partial charge in [-0.15, -0.1) is 0 Å². The van der Waals surface area contributed by atoms with E-state index in [1.807, 2.05) is 20.8 Å². The highest BCUT2D eigenvalue weighted by atomic mass is 16.9. The summed E-state index contributed by atoms with van der Waals surface area (Å²) in [6, 6.07) is 0. The van der Waals surface area contributed by atoms with Crippen molar-refractivity contribution in [3.8, 4) is 0 Å². The first kappa shape index (κ1) is 21.8. The molecule has 0 fully saturated rings. The number of rotatable bonds is 16. The van der Waals surface area contributed by atoms with E-state index < -0.39 is 5.97 Å². The highest BCUT2D eigenvalue weighted by Crippen LogP contribution is 2.33. The van der Waals surface area contributed by atoms with Crippen LogP contribution in [0.25, 0.3) is 0 Å². The minimum Gasteiger partial charge on any atom is -0.396 e. The van der Waals surface area contributed by atoms with Crippen molar-refractivity contribution in [3.05, 3.63) is 0 Å². The Labute approximate surface area is 137 Å². The predicted molar refractivity (Wildman–Crippen MR) is 90.8 cm³/mol. The van der Waals surface area contributed by atoms with Crippen molar-refractivity contribution in [2.45, 2.75) is 85.0 Å². The quantitative estimate of drug-likeness (QED) is 0.336. The van der Waals surface area contributed by atoms with Crippen molar-refractivity contribution in [1.82, 2.24) is 0 Å². The Hall–Kier alpha value is -0.160. The smallest absolute Gasteiger partial charge is 0.285 e. The van der Waals surface area contributed by atoms with E-state index in [1.54, 1.807) is 0 Å². The predicted octanol–water partition coefficient (Wildman–Crippen LogP) is 4.50. The number of hydrogen-bond donors (Lipinski definition) is 1. The Balaban J connectivity index is 4.58. The summed E-state index contributed by atoms with van der Waals surface area (Å²) >= 11 is 0. The van der Waals surface area contributed by atoms with E-state index in [1.165, 1.54) is 32.1 Å². The monoisotopic (exact) mass is 318 g/mol. The van der Waals surface area contributed by atoms with Crippen molar-refractivity contribution in [2.24, 2.45) is 5.92 Å². The van der Waals surface area contributed by atoms with Gasteiger partial charge >= 0.3 is 0 Å². The zero-order valence-electron chi connectivity index (χ0n) is 15.2. The second-order valence-electron chi connectivity index (χ2n) is 5.67. The first-order valence-electron chi connectivity index (χ1n) is 9.23. The summed E-state index contributed by atoms with van der Waals surface area (Å²) < 4.78 is 17.6. The molecule has 0 spiro atoms. The highest BCUT2D eigenvalue weighted by molar-refractivity contribution is 4.72. The van der Waals surface area contributed by atoms with Crippen molar-refractivity contribution < 1.29 is 19.3 Å². The molecular weight excluding hydrogens is 280 g/mol. The fourth-order valence-electron chi connectivity index (χ4n) is 2.91. The number of aliphatic hydroxyl groups is 1. The summed E-state index contributed by atoms with van der Waals surface area (Å²) in [7, 11) is 0. The molecule has 1 atom stereocenters. The van der Waals surface area contributed by atoms with Crippen molar-refractivity contribution in [3.63, 3.8) is 0 Å². The van der Waals surface area contributed by atoms with Crippen LogP contribution in [0.4, 0.5) is 0 Å². The molecular formula is C18H38O4. The zero-order valence-corrected chi connectivity index (χ0v) is 15.2. The van der Waals surface area contributed by atoms with Crippen LogP contribution in [0.1, 0.15) is 79.1 Å². The maximum Gasteiger partial charge on any atom is 0.285 e. The van der Waals surface area contributed by atoms with Gasteiger partial charge in [0.05, 0.1) is 0 Å². The van der Waals surface area contributed by atoms with Crippen LogP contribution in [0.15, 0.2) is 0 Å². The number of ether oxygens (including phenoxy) is 3. The molecule has 0 aromatic carbocycles. The third-order valence-electron chi connectivity index (χ3n) is 3.92. The number of aliphatic hydroxyl groups excluding tert-OH is 1. The van der Waals surface area contributed by atoms with Crippen LogP contribution in [0.5, 0.6) is 0 Å². The summed E-state index contributed by atoms with van der Waals surface area (Å²) in [5, 5.41) is 9.41. The van der Waals surface area contributed by atoms with Gasteiger partial charge < -0.3 is 19.3 Å². The van der Waals surface area contributed by atoms with Crippen LogP contribution < -0.4 is 0 Å². The lowest BCUT2D eigenvalue weighted by atomic mass is 9.94. The molecule has 0 aliphatic carbocycles. The molecule has 0 saturated carbocycles. The molecule has 4 nitrogen and oxygen atoms in total.